The largest absolute Gasteiger partial charge is 0.299 e. The Morgan fingerprint density at radius 1 is 0.950 bits per heavy atom. The van der Waals surface area contributed by atoms with E-state index in [-0.39, 0.29) is 23.4 Å². The smallest absolute Gasteiger partial charge is 0.141 e. The highest BCUT2D eigenvalue weighted by Crippen LogP contribution is 2.59. The van der Waals surface area contributed by atoms with Crippen molar-refractivity contribution >= 4 is 11.6 Å². The Bertz CT molecular complexity index is 434. The van der Waals surface area contributed by atoms with Crippen LogP contribution in [-0.4, -0.2) is 11.6 Å². The molecule has 3 nitrogen and oxygen atoms in total. The normalized spacial score (nSPS) is 39.6. The standard InChI is InChI=1S/C17H23NO2/c1-9(19)16(10(2)20)15(8-18)17-13-4-11-3-12(6-13)7-14(17)5-11/h11-17H,3-7H2,1-2H3. The Labute approximate surface area is 120 Å². The fraction of sp³-hybridized carbons (Fsp3) is 0.824. The second-order valence-electron chi connectivity index (χ2n) is 7.36. The van der Waals surface area contributed by atoms with Crippen molar-refractivity contribution in [2.24, 2.45) is 41.4 Å². The van der Waals surface area contributed by atoms with Gasteiger partial charge in [0.15, 0.2) is 0 Å². The number of Topliss-reactive ketones (excluding diaryl/α,β-unsaturated/α-hetero) is 2. The maximum absolute atomic E-state index is 11.8. The van der Waals surface area contributed by atoms with Crippen LogP contribution in [-0.2, 0) is 9.59 Å². The SMILES string of the molecule is CC(=O)C(C(C)=O)C(C#N)C1C2CC3CC(C2)CC1C3. The summed E-state index contributed by atoms with van der Waals surface area (Å²) in [6, 6.07) is 2.35. The summed E-state index contributed by atoms with van der Waals surface area (Å²) >= 11 is 0. The van der Waals surface area contributed by atoms with Crippen molar-refractivity contribution in [2.45, 2.75) is 46.0 Å². The van der Waals surface area contributed by atoms with Crippen molar-refractivity contribution in [2.75, 3.05) is 0 Å². The van der Waals surface area contributed by atoms with Crippen LogP contribution in [0.25, 0.3) is 0 Å². The summed E-state index contributed by atoms with van der Waals surface area (Å²) in [6.45, 7) is 2.93. The van der Waals surface area contributed by atoms with Crippen LogP contribution < -0.4 is 0 Å². The van der Waals surface area contributed by atoms with Gasteiger partial charge in [-0.3, -0.25) is 9.59 Å². The Hall–Kier alpha value is -1.17. The van der Waals surface area contributed by atoms with E-state index < -0.39 is 5.92 Å². The first-order valence-corrected chi connectivity index (χ1v) is 7.91. The number of ketones is 2. The molecule has 4 rings (SSSR count). The number of carbonyl (C=O) groups excluding carboxylic acids is 2. The van der Waals surface area contributed by atoms with E-state index in [0.717, 1.165) is 11.8 Å². The predicted octanol–water partition coefficient (Wildman–Crippen LogP) is 2.99. The number of carbonyl (C=O) groups is 2. The lowest BCUT2D eigenvalue weighted by Gasteiger charge is -2.56. The minimum atomic E-state index is -0.692. The quantitative estimate of drug-likeness (QED) is 0.740. The van der Waals surface area contributed by atoms with E-state index in [1.807, 2.05) is 0 Å². The van der Waals surface area contributed by atoms with Gasteiger partial charge in [-0.05, 0) is 75.5 Å². The van der Waals surface area contributed by atoms with Crippen LogP contribution in [0.15, 0.2) is 0 Å². The van der Waals surface area contributed by atoms with Crippen LogP contribution in [0.1, 0.15) is 46.0 Å². The lowest BCUT2D eigenvalue weighted by Crippen LogP contribution is -2.50. The molecule has 0 spiro atoms. The van der Waals surface area contributed by atoms with Crippen molar-refractivity contribution in [1.29, 1.82) is 5.26 Å². The van der Waals surface area contributed by atoms with Crippen LogP contribution >= 0.6 is 0 Å². The second kappa shape index (κ2) is 4.98. The van der Waals surface area contributed by atoms with Crippen LogP contribution in [0.5, 0.6) is 0 Å². The van der Waals surface area contributed by atoms with Crippen molar-refractivity contribution in [3.05, 3.63) is 0 Å². The third-order valence-electron chi connectivity index (χ3n) is 6.10. The van der Waals surface area contributed by atoms with Gasteiger partial charge >= 0.3 is 0 Å². The van der Waals surface area contributed by atoms with Gasteiger partial charge in [0, 0.05) is 0 Å². The molecule has 0 aromatic carbocycles. The summed E-state index contributed by atoms with van der Waals surface area (Å²) in [5, 5.41) is 9.62. The highest BCUT2D eigenvalue weighted by atomic mass is 16.1. The van der Waals surface area contributed by atoms with Gasteiger partial charge in [0.1, 0.15) is 11.6 Å². The first-order chi connectivity index (χ1) is 9.51. The highest BCUT2D eigenvalue weighted by Gasteiger charge is 2.53. The van der Waals surface area contributed by atoms with Crippen LogP contribution in [0.2, 0.25) is 0 Å². The summed E-state index contributed by atoms with van der Waals surface area (Å²) < 4.78 is 0. The number of rotatable bonds is 4. The fourth-order valence-corrected chi connectivity index (χ4v) is 5.73. The predicted molar refractivity (Wildman–Crippen MR) is 74.5 cm³/mol. The molecule has 4 aliphatic carbocycles. The molecule has 20 heavy (non-hydrogen) atoms. The molecule has 0 heterocycles. The molecular formula is C17H23NO2. The summed E-state index contributed by atoms with van der Waals surface area (Å²) in [6.07, 6.45) is 6.26. The molecular weight excluding hydrogens is 250 g/mol. The topological polar surface area (TPSA) is 57.9 Å². The minimum absolute atomic E-state index is 0.127. The van der Waals surface area contributed by atoms with Crippen LogP contribution in [0.3, 0.4) is 0 Å². The van der Waals surface area contributed by atoms with Crippen molar-refractivity contribution in [1.82, 2.24) is 0 Å². The van der Waals surface area contributed by atoms with E-state index in [1.54, 1.807) is 0 Å². The number of nitriles is 1. The Kier molecular flexibility index (Phi) is 3.44. The highest BCUT2D eigenvalue weighted by molar-refractivity contribution is 6.00. The van der Waals surface area contributed by atoms with Crippen molar-refractivity contribution in [3.8, 4) is 6.07 Å². The minimum Gasteiger partial charge on any atom is -0.299 e. The molecule has 4 fully saturated rings. The summed E-state index contributed by atoms with van der Waals surface area (Å²) in [5.74, 6) is 1.81. The van der Waals surface area contributed by atoms with Gasteiger partial charge in [-0.2, -0.15) is 5.26 Å². The van der Waals surface area contributed by atoms with E-state index in [9.17, 15) is 14.9 Å². The molecule has 4 bridgehead atoms. The van der Waals surface area contributed by atoms with Gasteiger partial charge in [-0.15, -0.1) is 0 Å². The van der Waals surface area contributed by atoms with Gasteiger partial charge in [0.25, 0.3) is 0 Å². The molecule has 0 aliphatic heterocycles. The zero-order valence-electron chi connectivity index (χ0n) is 12.3. The zero-order chi connectivity index (χ0) is 14.4. The maximum atomic E-state index is 11.8. The monoisotopic (exact) mass is 273 g/mol. The van der Waals surface area contributed by atoms with Gasteiger partial charge < -0.3 is 0 Å². The third kappa shape index (κ3) is 2.10. The van der Waals surface area contributed by atoms with E-state index in [1.165, 1.54) is 46.0 Å². The first kappa shape index (κ1) is 13.8. The molecule has 0 N–H and O–H groups in total. The molecule has 1 unspecified atom stereocenters. The summed E-state index contributed by atoms with van der Waals surface area (Å²) in [7, 11) is 0. The summed E-state index contributed by atoms with van der Waals surface area (Å²) in [4.78, 5) is 23.7. The van der Waals surface area contributed by atoms with Gasteiger partial charge in [0.2, 0.25) is 0 Å². The Morgan fingerprint density at radius 3 is 1.75 bits per heavy atom. The fourth-order valence-electron chi connectivity index (χ4n) is 5.73. The number of nitrogens with zero attached hydrogens (tertiary/aromatic N) is 1. The molecule has 0 aromatic heterocycles. The van der Waals surface area contributed by atoms with E-state index >= 15 is 0 Å². The molecule has 0 amide bonds. The van der Waals surface area contributed by atoms with E-state index in [4.69, 9.17) is 0 Å². The molecule has 4 saturated carbocycles. The molecule has 3 heteroatoms. The molecule has 1 atom stereocenters. The number of hydrogen-bond donors (Lipinski definition) is 0. The summed E-state index contributed by atoms with van der Waals surface area (Å²) in [5.41, 5.74) is 0. The molecule has 4 aliphatic rings. The molecule has 108 valence electrons. The Morgan fingerprint density at radius 2 is 1.40 bits per heavy atom. The zero-order valence-corrected chi connectivity index (χ0v) is 12.3. The maximum Gasteiger partial charge on any atom is 0.141 e. The van der Waals surface area contributed by atoms with Crippen LogP contribution in [0.4, 0.5) is 0 Å². The lowest BCUT2D eigenvalue weighted by atomic mass is 9.48. The third-order valence-corrected chi connectivity index (χ3v) is 6.10. The van der Waals surface area contributed by atoms with E-state index in [0.29, 0.717) is 11.8 Å². The van der Waals surface area contributed by atoms with Gasteiger partial charge in [0.05, 0.1) is 17.9 Å². The molecule has 0 aromatic rings. The van der Waals surface area contributed by atoms with Crippen LogP contribution in [0, 0.1) is 52.8 Å². The van der Waals surface area contributed by atoms with Gasteiger partial charge in [-0.25, -0.2) is 0 Å². The molecule has 0 radical (unpaired) electrons. The van der Waals surface area contributed by atoms with Gasteiger partial charge in [-0.1, -0.05) is 0 Å². The average molecular weight is 273 g/mol. The van der Waals surface area contributed by atoms with Crippen molar-refractivity contribution < 1.29 is 9.59 Å². The first-order valence-electron chi connectivity index (χ1n) is 7.91. The Balaban J connectivity index is 1.88. The van der Waals surface area contributed by atoms with Crippen molar-refractivity contribution in [3.63, 3.8) is 0 Å². The lowest BCUT2D eigenvalue weighted by molar-refractivity contribution is -0.135. The second-order valence-corrected chi connectivity index (χ2v) is 7.36. The number of hydrogen-bond acceptors (Lipinski definition) is 3. The molecule has 0 saturated heterocycles. The van der Waals surface area contributed by atoms with E-state index in [2.05, 4.69) is 6.07 Å². The average Bonchev–Trinajstić information content (AvgIpc) is 2.34.